The van der Waals surface area contributed by atoms with Crippen molar-refractivity contribution in [2.24, 2.45) is 5.92 Å². The molecule has 0 radical (unpaired) electrons. The van der Waals surface area contributed by atoms with Crippen molar-refractivity contribution in [1.82, 2.24) is 8.61 Å². The molecule has 0 bridgehead atoms. The van der Waals surface area contributed by atoms with Gasteiger partial charge in [0.2, 0.25) is 0 Å². The Hall–Kier alpha value is -1.31. The summed E-state index contributed by atoms with van der Waals surface area (Å²) in [5.41, 5.74) is 0.442. The zero-order valence-corrected chi connectivity index (χ0v) is 13.8. The summed E-state index contributed by atoms with van der Waals surface area (Å²) in [5, 5.41) is 0. The molecule has 0 aliphatic carbocycles. The number of hydrogen-bond donors (Lipinski definition) is 0. The summed E-state index contributed by atoms with van der Waals surface area (Å²) < 4.78 is 41.2. The first-order valence-electron chi connectivity index (χ1n) is 8.03. The Bertz CT molecular complexity index is 669. The number of carbonyl (C=O) groups excluding carboxylic acids is 1. The highest BCUT2D eigenvalue weighted by Crippen LogP contribution is 2.26. The maximum Gasteiger partial charge on any atom is 0.281 e. The van der Waals surface area contributed by atoms with Crippen LogP contribution in [0.2, 0.25) is 0 Å². The van der Waals surface area contributed by atoms with Gasteiger partial charge in [0.15, 0.2) is 5.78 Å². The van der Waals surface area contributed by atoms with Crippen molar-refractivity contribution in [2.75, 3.05) is 26.2 Å². The number of ketones is 1. The first-order valence-corrected chi connectivity index (χ1v) is 9.43. The highest BCUT2D eigenvalue weighted by atomic mass is 32.2. The van der Waals surface area contributed by atoms with Crippen molar-refractivity contribution in [2.45, 2.75) is 25.7 Å². The Labute approximate surface area is 136 Å². The van der Waals surface area contributed by atoms with Crippen molar-refractivity contribution in [3.63, 3.8) is 0 Å². The molecule has 2 saturated heterocycles. The average Bonchev–Trinajstić information content (AvgIpc) is 3.10. The second kappa shape index (κ2) is 6.67. The smallest absolute Gasteiger partial charge is 0.281 e. The van der Waals surface area contributed by atoms with E-state index in [0.29, 0.717) is 38.0 Å². The van der Waals surface area contributed by atoms with Gasteiger partial charge in [0.05, 0.1) is 0 Å². The monoisotopic (exact) mass is 340 g/mol. The molecule has 0 spiro atoms. The minimum absolute atomic E-state index is 0.105. The van der Waals surface area contributed by atoms with E-state index in [2.05, 4.69) is 0 Å². The topological polar surface area (TPSA) is 57.7 Å². The van der Waals surface area contributed by atoms with Crippen LogP contribution in [0, 0.1) is 11.7 Å². The zero-order valence-electron chi connectivity index (χ0n) is 12.9. The second-order valence-electron chi connectivity index (χ2n) is 6.18. The highest BCUT2D eigenvalue weighted by molar-refractivity contribution is 7.86. The van der Waals surface area contributed by atoms with Crippen LogP contribution in [-0.4, -0.2) is 49.0 Å². The molecule has 2 aliphatic rings. The van der Waals surface area contributed by atoms with Crippen LogP contribution in [0.25, 0.3) is 0 Å². The summed E-state index contributed by atoms with van der Waals surface area (Å²) in [7, 11) is -3.46. The van der Waals surface area contributed by atoms with Crippen LogP contribution in [-0.2, 0) is 10.2 Å². The van der Waals surface area contributed by atoms with E-state index in [1.807, 2.05) is 0 Å². The molecule has 2 fully saturated rings. The van der Waals surface area contributed by atoms with Gasteiger partial charge in [0.1, 0.15) is 5.82 Å². The van der Waals surface area contributed by atoms with Crippen LogP contribution in [0.5, 0.6) is 0 Å². The average molecular weight is 340 g/mol. The number of rotatable bonds is 4. The first-order chi connectivity index (χ1) is 11.0. The van der Waals surface area contributed by atoms with E-state index in [0.717, 1.165) is 12.8 Å². The summed E-state index contributed by atoms with van der Waals surface area (Å²) in [6.45, 7) is 1.81. The quantitative estimate of drug-likeness (QED) is 0.789. The van der Waals surface area contributed by atoms with Gasteiger partial charge in [-0.25, -0.2) is 4.39 Å². The van der Waals surface area contributed by atoms with Gasteiger partial charge in [-0.1, -0.05) is 0 Å². The molecule has 7 heteroatoms. The molecule has 1 aromatic rings. The summed E-state index contributed by atoms with van der Waals surface area (Å²) in [5.74, 6) is -0.846. The molecular weight excluding hydrogens is 319 g/mol. The van der Waals surface area contributed by atoms with Gasteiger partial charge in [-0.05, 0) is 49.9 Å². The lowest BCUT2D eigenvalue weighted by atomic mass is 9.91. The third kappa shape index (κ3) is 3.46. The van der Waals surface area contributed by atoms with Gasteiger partial charge in [-0.2, -0.15) is 17.0 Å². The summed E-state index contributed by atoms with van der Waals surface area (Å²) in [4.78, 5) is 12.5. The Morgan fingerprint density at radius 1 is 1.00 bits per heavy atom. The van der Waals surface area contributed by atoms with Crippen LogP contribution in [0.1, 0.15) is 36.0 Å². The minimum Gasteiger partial charge on any atom is -0.294 e. The molecule has 1 aromatic carbocycles. The molecule has 23 heavy (non-hydrogen) atoms. The number of benzene rings is 1. The molecular formula is C16H21FN2O3S. The minimum atomic E-state index is -3.46. The molecule has 0 amide bonds. The van der Waals surface area contributed by atoms with Crippen molar-refractivity contribution >= 4 is 16.0 Å². The van der Waals surface area contributed by atoms with Crippen LogP contribution in [0.4, 0.5) is 4.39 Å². The fourth-order valence-electron chi connectivity index (χ4n) is 3.30. The van der Waals surface area contributed by atoms with E-state index in [1.165, 1.54) is 32.9 Å². The number of nitrogens with zero attached hydrogens (tertiary/aromatic N) is 2. The largest absolute Gasteiger partial charge is 0.294 e. The lowest BCUT2D eigenvalue weighted by molar-refractivity contribution is 0.0870. The van der Waals surface area contributed by atoms with Gasteiger partial charge in [0, 0.05) is 37.7 Å². The van der Waals surface area contributed by atoms with Crippen molar-refractivity contribution in [3.8, 4) is 0 Å². The van der Waals surface area contributed by atoms with Crippen molar-refractivity contribution in [1.29, 1.82) is 0 Å². The Kier molecular flexibility index (Phi) is 4.79. The molecule has 2 aliphatic heterocycles. The Morgan fingerprint density at radius 3 is 2.26 bits per heavy atom. The third-order valence-corrected chi connectivity index (χ3v) is 6.60. The standard InChI is InChI=1S/C16H21FN2O3S/c17-15-7-5-13(6-8-15)16(20)14-4-3-11-19(12-14)23(21,22)18-9-1-2-10-18/h5-8,14H,1-4,9-12H2/t14-/m0/s1. The van der Waals surface area contributed by atoms with Crippen LogP contribution in [0.3, 0.4) is 0 Å². The lowest BCUT2D eigenvalue weighted by Gasteiger charge is -2.33. The second-order valence-corrected chi connectivity index (χ2v) is 8.11. The Balaban J connectivity index is 1.73. The summed E-state index contributed by atoms with van der Waals surface area (Å²) in [6.07, 6.45) is 3.13. The van der Waals surface area contributed by atoms with E-state index in [1.54, 1.807) is 0 Å². The molecule has 5 nitrogen and oxygen atoms in total. The predicted octanol–water partition coefficient (Wildman–Crippen LogP) is 2.06. The lowest BCUT2D eigenvalue weighted by Crippen LogP contribution is -2.48. The van der Waals surface area contributed by atoms with Gasteiger partial charge < -0.3 is 0 Å². The predicted molar refractivity (Wildman–Crippen MR) is 84.8 cm³/mol. The molecule has 126 valence electrons. The highest BCUT2D eigenvalue weighted by Gasteiger charge is 2.36. The van der Waals surface area contributed by atoms with Crippen LogP contribution in [0.15, 0.2) is 24.3 Å². The number of piperidine rings is 1. The van der Waals surface area contributed by atoms with E-state index < -0.39 is 10.2 Å². The number of carbonyl (C=O) groups is 1. The summed E-state index contributed by atoms with van der Waals surface area (Å²) >= 11 is 0. The normalized spacial score (nSPS) is 24.0. The Morgan fingerprint density at radius 2 is 1.61 bits per heavy atom. The SMILES string of the molecule is O=C(c1ccc(F)cc1)[C@H]1CCCN(S(=O)(=O)N2CCCC2)C1. The van der Waals surface area contributed by atoms with E-state index in [4.69, 9.17) is 0 Å². The molecule has 0 N–H and O–H groups in total. The number of halogens is 1. The molecule has 0 unspecified atom stereocenters. The van der Waals surface area contributed by atoms with Gasteiger partial charge >= 0.3 is 0 Å². The third-order valence-electron chi connectivity index (χ3n) is 4.60. The van der Waals surface area contributed by atoms with E-state index in [-0.39, 0.29) is 24.1 Å². The van der Waals surface area contributed by atoms with Crippen LogP contribution >= 0.6 is 0 Å². The van der Waals surface area contributed by atoms with Crippen molar-refractivity contribution in [3.05, 3.63) is 35.6 Å². The zero-order chi connectivity index (χ0) is 16.4. The molecule has 0 saturated carbocycles. The summed E-state index contributed by atoms with van der Waals surface area (Å²) in [6, 6.07) is 5.45. The molecule has 0 aromatic heterocycles. The maximum absolute atomic E-state index is 13.0. The van der Waals surface area contributed by atoms with E-state index >= 15 is 0 Å². The van der Waals surface area contributed by atoms with Gasteiger partial charge in [0.25, 0.3) is 10.2 Å². The fraction of sp³-hybridized carbons (Fsp3) is 0.562. The first kappa shape index (κ1) is 16.5. The number of hydrogen-bond acceptors (Lipinski definition) is 3. The number of Topliss-reactive ketones (excluding diaryl/α,β-unsaturated/α-hetero) is 1. The van der Waals surface area contributed by atoms with Crippen LogP contribution < -0.4 is 0 Å². The van der Waals surface area contributed by atoms with Gasteiger partial charge in [-0.3, -0.25) is 4.79 Å². The molecule has 2 heterocycles. The van der Waals surface area contributed by atoms with E-state index in [9.17, 15) is 17.6 Å². The van der Waals surface area contributed by atoms with Crippen molar-refractivity contribution < 1.29 is 17.6 Å². The fourth-order valence-corrected chi connectivity index (χ4v) is 5.07. The van der Waals surface area contributed by atoms with Gasteiger partial charge in [-0.15, -0.1) is 0 Å². The molecule has 1 atom stereocenters. The molecule has 3 rings (SSSR count). The maximum atomic E-state index is 13.0.